The zero-order chi connectivity index (χ0) is 11.5. The number of hydrogen-bond acceptors (Lipinski definition) is 4. The molecule has 1 rings (SSSR count). The average Bonchev–Trinajstić information content (AvgIpc) is 2.19. The molecule has 1 N–H and O–H groups in total. The van der Waals surface area contributed by atoms with Crippen LogP contribution in [0, 0.1) is 5.92 Å². The second-order valence-corrected chi connectivity index (χ2v) is 4.07. The summed E-state index contributed by atoms with van der Waals surface area (Å²) in [4.78, 5) is 20.8. The van der Waals surface area contributed by atoms with Crippen molar-refractivity contribution in [3.05, 3.63) is 24.3 Å². The Morgan fingerprint density at radius 2 is 1.87 bits per heavy atom. The van der Waals surface area contributed by atoms with Crippen LogP contribution < -0.4 is 0 Å². The molecule has 1 aliphatic rings. The van der Waals surface area contributed by atoms with Crippen LogP contribution in [0.5, 0.6) is 0 Å². The highest BCUT2D eigenvalue weighted by molar-refractivity contribution is 6.00. The minimum atomic E-state index is -0.971. The van der Waals surface area contributed by atoms with Crippen molar-refractivity contribution in [2.45, 2.75) is 32.7 Å². The summed E-state index contributed by atoms with van der Waals surface area (Å²) >= 11 is 0. The van der Waals surface area contributed by atoms with Crippen molar-refractivity contribution in [2.75, 3.05) is 0 Å². The van der Waals surface area contributed by atoms with E-state index in [2.05, 4.69) is 0 Å². The molecule has 0 aromatic heterocycles. The number of hydrogen-bond donors (Lipinski definition) is 1. The standard InChI is InChI=1S/C11H16O4/c1-8(2)10(13)14-15-11(3)6-4-9(12)5-7-11/h4-8,10,13H,1-3H3. The van der Waals surface area contributed by atoms with E-state index in [4.69, 9.17) is 9.78 Å². The average molecular weight is 212 g/mol. The Bertz CT molecular complexity index is 275. The fraction of sp³-hybridized carbons (Fsp3) is 0.545. The predicted molar refractivity (Wildman–Crippen MR) is 54.7 cm³/mol. The van der Waals surface area contributed by atoms with Crippen molar-refractivity contribution in [3.63, 3.8) is 0 Å². The molecule has 84 valence electrons. The largest absolute Gasteiger partial charge is 0.365 e. The van der Waals surface area contributed by atoms with Crippen molar-refractivity contribution in [3.8, 4) is 0 Å². The van der Waals surface area contributed by atoms with Gasteiger partial charge in [-0.05, 0) is 31.2 Å². The highest BCUT2D eigenvalue weighted by Crippen LogP contribution is 2.20. The summed E-state index contributed by atoms with van der Waals surface area (Å²) in [6.07, 6.45) is 5.02. The van der Waals surface area contributed by atoms with Crippen LogP contribution >= 0.6 is 0 Å². The van der Waals surface area contributed by atoms with E-state index in [1.165, 1.54) is 12.2 Å². The molecule has 0 spiro atoms. The van der Waals surface area contributed by atoms with E-state index in [9.17, 15) is 9.90 Å². The highest BCUT2D eigenvalue weighted by Gasteiger charge is 2.25. The van der Waals surface area contributed by atoms with Gasteiger partial charge in [-0.3, -0.25) is 4.79 Å². The number of aliphatic hydroxyl groups is 1. The van der Waals surface area contributed by atoms with Gasteiger partial charge in [0.2, 0.25) is 0 Å². The zero-order valence-corrected chi connectivity index (χ0v) is 9.14. The molecule has 4 heteroatoms. The number of ketones is 1. The van der Waals surface area contributed by atoms with Crippen molar-refractivity contribution in [1.82, 2.24) is 0 Å². The maximum atomic E-state index is 10.9. The Hall–Kier alpha value is -0.970. The van der Waals surface area contributed by atoms with Crippen LogP contribution in [-0.2, 0) is 14.6 Å². The molecule has 0 aromatic rings. The Balaban J connectivity index is 2.48. The third-order valence-electron chi connectivity index (χ3n) is 2.05. The number of aliphatic hydroxyl groups excluding tert-OH is 1. The number of carbonyl (C=O) groups excluding carboxylic acids is 1. The van der Waals surface area contributed by atoms with Crippen LogP contribution in [-0.4, -0.2) is 22.8 Å². The maximum Gasteiger partial charge on any atom is 0.191 e. The van der Waals surface area contributed by atoms with Gasteiger partial charge >= 0.3 is 0 Å². The Morgan fingerprint density at radius 1 is 1.33 bits per heavy atom. The van der Waals surface area contributed by atoms with E-state index in [-0.39, 0.29) is 11.7 Å². The van der Waals surface area contributed by atoms with E-state index in [1.807, 2.05) is 13.8 Å². The van der Waals surface area contributed by atoms with Gasteiger partial charge in [-0.2, -0.15) is 0 Å². The minimum absolute atomic E-state index is 0.0493. The highest BCUT2D eigenvalue weighted by atomic mass is 17.2. The lowest BCUT2D eigenvalue weighted by Gasteiger charge is -2.25. The summed E-state index contributed by atoms with van der Waals surface area (Å²) in [5.74, 6) is -0.132. The molecule has 1 unspecified atom stereocenters. The molecule has 4 nitrogen and oxygen atoms in total. The summed E-state index contributed by atoms with van der Waals surface area (Å²) in [6, 6.07) is 0. The quantitative estimate of drug-likeness (QED) is 0.434. The minimum Gasteiger partial charge on any atom is -0.365 e. The Labute approximate surface area is 89.1 Å². The Morgan fingerprint density at radius 3 is 2.33 bits per heavy atom. The molecule has 0 amide bonds. The second kappa shape index (κ2) is 4.70. The molecule has 15 heavy (non-hydrogen) atoms. The zero-order valence-electron chi connectivity index (χ0n) is 9.14. The SMILES string of the molecule is CC(C)C(O)OOC1(C)C=CC(=O)C=C1. The number of carbonyl (C=O) groups is 1. The van der Waals surface area contributed by atoms with Crippen molar-refractivity contribution in [2.24, 2.45) is 5.92 Å². The Kier molecular flexibility index (Phi) is 3.79. The first-order valence-electron chi connectivity index (χ1n) is 4.88. The van der Waals surface area contributed by atoms with E-state index in [1.54, 1.807) is 19.1 Å². The summed E-state index contributed by atoms with van der Waals surface area (Å²) in [5.41, 5.74) is -0.788. The summed E-state index contributed by atoms with van der Waals surface area (Å²) in [7, 11) is 0. The first-order chi connectivity index (χ1) is 6.93. The third-order valence-corrected chi connectivity index (χ3v) is 2.05. The van der Waals surface area contributed by atoms with Gasteiger partial charge in [-0.15, -0.1) is 0 Å². The predicted octanol–water partition coefficient (Wildman–Crippen LogP) is 1.36. The monoisotopic (exact) mass is 212 g/mol. The van der Waals surface area contributed by atoms with E-state index in [0.29, 0.717) is 0 Å². The fourth-order valence-corrected chi connectivity index (χ4v) is 0.926. The van der Waals surface area contributed by atoms with Crippen molar-refractivity contribution >= 4 is 5.78 Å². The number of rotatable bonds is 4. The molecule has 0 bridgehead atoms. The van der Waals surface area contributed by atoms with Gasteiger partial charge in [0.1, 0.15) is 5.60 Å². The van der Waals surface area contributed by atoms with E-state index >= 15 is 0 Å². The van der Waals surface area contributed by atoms with Crippen LogP contribution in [0.4, 0.5) is 0 Å². The van der Waals surface area contributed by atoms with Crippen molar-refractivity contribution < 1.29 is 19.7 Å². The maximum absolute atomic E-state index is 10.9. The van der Waals surface area contributed by atoms with Crippen LogP contribution in [0.25, 0.3) is 0 Å². The van der Waals surface area contributed by atoms with Crippen LogP contribution in [0.3, 0.4) is 0 Å². The molecule has 0 aromatic carbocycles. The molecule has 0 radical (unpaired) electrons. The van der Waals surface area contributed by atoms with E-state index in [0.717, 1.165) is 0 Å². The lowest BCUT2D eigenvalue weighted by atomic mass is 10.0. The van der Waals surface area contributed by atoms with Gasteiger partial charge in [0.05, 0.1) is 0 Å². The molecule has 0 saturated carbocycles. The summed E-state index contributed by atoms with van der Waals surface area (Å²) in [5, 5.41) is 9.36. The second-order valence-electron chi connectivity index (χ2n) is 4.07. The molecular weight excluding hydrogens is 196 g/mol. The first-order valence-corrected chi connectivity index (χ1v) is 4.88. The topological polar surface area (TPSA) is 55.8 Å². The van der Waals surface area contributed by atoms with Gasteiger partial charge in [0, 0.05) is 5.92 Å². The third kappa shape index (κ3) is 3.58. The molecule has 0 heterocycles. The van der Waals surface area contributed by atoms with E-state index < -0.39 is 11.9 Å². The molecule has 1 aliphatic carbocycles. The van der Waals surface area contributed by atoms with Gasteiger partial charge in [0.15, 0.2) is 12.1 Å². The van der Waals surface area contributed by atoms with Crippen LogP contribution in [0.2, 0.25) is 0 Å². The van der Waals surface area contributed by atoms with Gasteiger partial charge < -0.3 is 5.11 Å². The normalized spacial score (nSPS) is 21.0. The number of allylic oxidation sites excluding steroid dienone is 2. The lowest BCUT2D eigenvalue weighted by molar-refractivity contribution is -0.405. The lowest BCUT2D eigenvalue weighted by Crippen LogP contribution is -2.30. The van der Waals surface area contributed by atoms with Crippen LogP contribution in [0.1, 0.15) is 20.8 Å². The van der Waals surface area contributed by atoms with Crippen molar-refractivity contribution in [1.29, 1.82) is 0 Å². The molecule has 1 atom stereocenters. The molecule has 0 saturated heterocycles. The molecular formula is C11H16O4. The molecule has 0 aliphatic heterocycles. The molecule has 0 fully saturated rings. The van der Waals surface area contributed by atoms with Gasteiger partial charge in [-0.25, -0.2) is 9.78 Å². The first kappa shape index (κ1) is 12.1. The van der Waals surface area contributed by atoms with Gasteiger partial charge in [-0.1, -0.05) is 13.8 Å². The fourth-order valence-electron chi connectivity index (χ4n) is 0.926. The van der Waals surface area contributed by atoms with Crippen LogP contribution in [0.15, 0.2) is 24.3 Å². The smallest absolute Gasteiger partial charge is 0.191 e. The summed E-state index contributed by atoms with van der Waals surface area (Å²) < 4.78 is 0. The van der Waals surface area contributed by atoms with Gasteiger partial charge in [0.25, 0.3) is 0 Å². The summed E-state index contributed by atoms with van der Waals surface area (Å²) in [6.45, 7) is 5.36.